The molecule has 0 aliphatic carbocycles. The molecule has 5 heteroatoms. The minimum Gasteiger partial charge on any atom is -0.393 e. The van der Waals surface area contributed by atoms with E-state index < -0.39 is 0 Å². The summed E-state index contributed by atoms with van der Waals surface area (Å²) in [5.41, 5.74) is 6.42. The first kappa shape index (κ1) is 9.51. The van der Waals surface area contributed by atoms with Crippen LogP contribution in [0.5, 0.6) is 0 Å². The molecule has 15 heavy (non-hydrogen) atoms. The van der Waals surface area contributed by atoms with Crippen molar-refractivity contribution in [2.45, 2.75) is 13.3 Å². The smallest absolute Gasteiger partial charge is 0.296 e. The lowest BCUT2D eigenvalue weighted by atomic mass is 10.3. The Bertz CT molecular complexity index is 512. The van der Waals surface area contributed by atoms with Crippen molar-refractivity contribution < 1.29 is 0 Å². The number of aromatic amines is 1. The van der Waals surface area contributed by atoms with Crippen molar-refractivity contribution in [3.8, 4) is 5.82 Å². The highest BCUT2D eigenvalue weighted by atomic mass is 16.1. The van der Waals surface area contributed by atoms with Crippen molar-refractivity contribution in [1.82, 2.24) is 14.8 Å². The summed E-state index contributed by atoms with van der Waals surface area (Å²) in [4.78, 5) is 15.8. The molecule has 0 saturated carbocycles. The average molecular weight is 204 g/mol. The number of H-pyrrole nitrogens is 1. The number of anilines is 1. The maximum Gasteiger partial charge on any atom is 0.296 e. The number of nitrogens with zero attached hydrogens (tertiary/aromatic N) is 2. The molecule has 0 radical (unpaired) electrons. The number of nitrogen functional groups attached to an aromatic ring is 1. The molecule has 2 aromatic rings. The van der Waals surface area contributed by atoms with Gasteiger partial charge in [-0.15, -0.1) is 0 Å². The fourth-order valence-corrected chi connectivity index (χ4v) is 1.41. The van der Waals surface area contributed by atoms with Gasteiger partial charge in [-0.05, 0) is 18.6 Å². The lowest BCUT2D eigenvalue weighted by Gasteiger charge is -1.98. The molecule has 2 heterocycles. The second-order valence-electron chi connectivity index (χ2n) is 3.19. The van der Waals surface area contributed by atoms with Crippen molar-refractivity contribution in [3.05, 3.63) is 40.4 Å². The van der Waals surface area contributed by atoms with E-state index >= 15 is 0 Å². The van der Waals surface area contributed by atoms with E-state index in [1.807, 2.05) is 13.0 Å². The molecule has 78 valence electrons. The van der Waals surface area contributed by atoms with Gasteiger partial charge in [-0.3, -0.25) is 9.89 Å². The van der Waals surface area contributed by atoms with E-state index in [1.54, 1.807) is 18.3 Å². The first-order chi connectivity index (χ1) is 7.24. The SMILES string of the molecule is CCc1[nH]n(-c2ccccn2)c(=O)c1N. The lowest BCUT2D eigenvalue weighted by molar-refractivity contribution is 0.794. The molecule has 0 unspecified atom stereocenters. The Morgan fingerprint density at radius 3 is 2.87 bits per heavy atom. The molecule has 3 N–H and O–H groups in total. The van der Waals surface area contributed by atoms with Gasteiger partial charge >= 0.3 is 0 Å². The van der Waals surface area contributed by atoms with E-state index in [0.29, 0.717) is 12.2 Å². The predicted molar refractivity (Wildman–Crippen MR) is 58.0 cm³/mol. The van der Waals surface area contributed by atoms with Crippen molar-refractivity contribution in [1.29, 1.82) is 0 Å². The third-order valence-corrected chi connectivity index (χ3v) is 2.24. The highest BCUT2D eigenvalue weighted by Crippen LogP contribution is 2.06. The summed E-state index contributed by atoms with van der Waals surface area (Å²) in [6.07, 6.45) is 2.32. The summed E-state index contributed by atoms with van der Waals surface area (Å²) in [5.74, 6) is 0.550. The standard InChI is InChI=1S/C10H12N4O/c1-2-7-9(11)10(15)14(13-7)8-5-3-4-6-12-8/h3-6,13H,2,11H2,1H3. The number of hydrogen-bond donors (Lipinski definition) is 2. The van der Waals surface area contributed by atoms with Gasteiger partial charge in [0.2, 0.25) is 0 Å². The molecule has 0 atom stereocenters. The van der Waals surface area contributed by atoms with Crippen LogP contribution in [0.4, 0.5) is 5.69 Å². The van der Waals surface area contributed by atoms with Gasteiger partial charge in [0.05, 0.1) is 5.69 Å². The number of aryl methyl sites for hydroxylation is 1. The molecular formula is C10H12N4O. The van der Waals surface area contributed by atoms with Gasteiger partial charge in [-0.1, -0.05) is 13.0 Å². The topological polar surface area (TPSA) is 76.7 Å². The van der Waals surface area contributed by atoms with Crippen LogP contribution >= 0.6 is 0 Å². The minimum atomic E-state index is -0.245. The van der Waals surface area contributed by atoms with Crippen molar-refractivity contribution in [3.63, 3.8) is 0 Å². The molecule has 2 aromatic heterocycles. The van der Waals surface area contributed by atoms with Crippen LogP contribution in [-0.4, -0.2) is 14.8 Å². The number of nitrogens with one attached hydrogen (secondary N) is 1. The van der Waals surface area contributed by atoms with Crippen molar-refractivity contribution >= 4 is 5.69 Å². The van der Waals surface area contributed by atoms with Crippen molar-refractivity contribution in [2.75, 3.05) is 5.73 Å². The Hall–Kier alpha value is -2.04. The second-order valence-corrected chi connectivity index (χ2v) is 3.19. The Morgan fingerprint density at radius 2 is 2.33 bits per heavy atom. The fourth-order valence-electron chi connectivity index (χ4n) is 1.41. The maximum absolute atomic E-state index is 11.7. The van der Waals surface area contributed by atoms with Crippen LogP contribution in [0.15, 0.2) is 29.2 Å². The van der Waals surface area contributed by atoms with Crippen LogP contribution in [0.25, 0.3) is 5.82 Å². The summed E-state index contributed by atoms with van der Waals surface area (Å²) in [6, 6.07) is 5.36. The molecule has 0 saturated heterocycles. The van der Waals surface area contributed by atoms with Gasteiger partial charge in [0.25, 0.3) is 5.56 Å². The number of rotatable bonds is 2. The highest BCUT2D eigenvalue weighted by molar-refractivity contribution is 5.42. The van der Waals surface area contributed by atoms with Crippen LogP contribution in [0.2, 0.25) is 0 Å². The number of pyridine rings is 1. The van der Waals surface area contributed by atoms with Crippen LogP contribution < -0.4 is 11.3 Å². The first-order valence-electron chi connectivity index (χ1n) is 4.74. The molecular weight excluding hydrogens is 192 g/mol. The maximum atomic E-state index is 11.7. The Kier molecular flexibility index (Phi) is 2.29. The number of hydrogen-bond acceptors (Lipinski definition) is 3. The molecule has 0 amide bonds. The van der Waals surface area contributed by atoms with Gasteiger partial charge in [0, 0.05) is 6.20 Å². The monoisotopic (exact) mass is 204 g/mol. The molecule has 0 aliphatic heterocycles. The summed E-state index contributed by atoms with van der Waals surface area (Å²) < 4.78 is 1.36. The average Bonchev–Trinajstić information content (AvgIpc) is 2.57. The summed E-state index contributed by atoms with van der Waals surface area (Å²) in [5, 5.41) is 2.93. The van der Waals surface area contributed by atoms with Crippen LogP contribution in [0.1, 0.15) is 12.6 Å². The zero-order valence-electron chi connectivity index (χ0n) is 8.40. The van der Waals surface area contributed by atoms with E-state index in [4.69, 9.17) is 5.73 Å². The van der Waals surface area contributed by atoms with E-state index in [0.717, 1.165) is 5.69 Å². The van der Waals surface area contributed by atoms with Gasteiger partial charge in [-0.2, -0.15) is 4.68 Å². The molecule has 0 fully saturated rings. The molecule has 0 spiro atoms. The summed E-state index contributed by atoms with van der Waals surface area (Å²) in [6.45, 7) is 1.93. The van der Waals surface area contributed by atoms with Gasteiger partial charge in [0.15, 0.2) is 5.82 Å². The first-order valence-corrected chi connectivity index (χ1v) is 4.74. The summed E-state index contributed by atoms with van der Waals surface area (Å²) >= 11 is 0. The molecule has 0 bridgehead atoms. The Morgan fingerprint density at radius 1 is 1.53 bits per heavy atom. The Labute approximate surface area is 86.5 Å². The van der Waals surface area contributed by atoms with Crippen molar-refractivity contribution in [2.24, 2.45) is 0 Å². The quantitative estimate of drug-likeness (QED) is 0.756. The molecule has 5 nitrogen and oxygen atoms in total. The second kappa shape index (κ2) is 3.61. The van der Waals surface area contributed by atoms with Crippen LogP contribution in [-0.2, 0) is 6.42 Å². The summed E-state index contributed by atoms with van der Waals surface area (Å²) in [7, 11) is 0. The third-order valence-electron chi connectivity index (χ3n) is 2.24. The van der Waals surface area contributed by atoms with E-state index in [1.165, 1.54) is 4.68 Å². The minimum absolute atomic E-state index is 0.245. The predicted octanol–water partition coefficient (Wildman–Crippen LogP) is 0.705. The van der Waals surface area contributed by atoms with E-state index in [2.05, 4.69) is 10.1 Å². The van der Waals surface area contributed by atoms with Gasteiger partial charge in [-0.25, -0.2) is 4.98 Å². The fraction of sp³-hybridized carbons (Fsp3) is 0.200. The van der Waals surface area contributed by atoms with Gasteiger partial charge in [0.1, 0.15) is 5.69 Å². The normalized spacial score (nSPS) is 10.5. The zero-order valence-corrected chi connectivity index (χ0v) is 8.40. The third kappa shape index (κ3) is 1.52. The molecule has 0 aliphatic rings. The number of nitrogens with two attached hydrogens (primary N) is 1. The zero-order chi connectivity index (χ0) is 10.8. The number of aromatic nitrogens is 3. The van der Waals surface area contributed by atoms with E-state index in [-0.39, 0.29) is 11.2 Å². The highest BCUT2D eigenvalue weighted by Gasteiger charge is 2.10. The Balaban J connectivity index is 2.60. The molecule has 0 aromatic carbocycles. The van der Waals surface area contributed by atoms with Gasteiger partial charge < -0.3 is 5.73 Å². The van der Waals surface area contributed by atoms with E-state index in [9.17, 15) is 4.79 Å². The lowest BCUT2D eigenvalue weighted by Crippen LogP contribution is -2.17. The van der Waals surface area contributed by atoms with Crippen LogP contribution in [0, 0.1) is 0 Å². The largest absolute Gasteiger partial charge is 0.393 e. The van der Waals surface area contributed by atoms with Crippen LogP contribution in [0.3, 0.4) is 0 Å². The molecule has 2 rings (SSSR count).